The highest BCUT2D eigenvalue weighted by atomic mass is 32.1. The highest BCUT2D eigenvalue weighted by Gasteiger charge is 2.21. The molecule has 8 nitrogen and oxygen atoms in total. The van der Waals surface area contributed by atoms with Crippen molar-refractivity contribution >= 4 is 33.1 Å². The van der Waals surface area contributed by atoms with Gasteiger partial charge in [0.1, 0.15) is 17.2 Å². The predicted octanol–water partition coefficient (Wildman–Crippen LogP) is 4.82. The molecule has 0 bridgehead atoms. The number of halogens is 1. The third kappa shape index (κ3) is 4.47. The monoisotopic (exact) mass is 489 g/mol. The Hall–Kier alpha value is -4.18. The van der Waals surface area contributed by atoms with Crippen molar-refractivity contribution in [2.75, 3.05) is 5.32 Å². The normalized spacial score (nSPS) is 11.2. The SMILES string of the molecule is CCc1ccc(NC(=O)Cn2cnc3sc(-c4nc(-c5ccc(F)cc5)no4)c(C)c3c2=O)cc1. The van der Waals surface area contributed by atoms with Crippen LogP contribution in [0.5, 0.6) is 0 Å². The molecule has 0 saturated heterocycles. The van der Waals surface area contributed by atoms with E-state index >= 15 is 0 Å². The number of carbonyl (C=O) groups excluding carboxylic acids is 1. The molecule has 0 aliphatic heterocycles. The molecule has 10 heteroatoms. The van der Waals surface area contributed by atoms with Gasteiger partial charge >= 0.3 is 0 Å². The van der Waals surface area contributed by atoms with Crippen molar-refractivity contribution in [3.63, 3.8) is 0 Å². The number of benzene rings is 2. The third-order valence-electron chi connectivity index (χ3n) is 5.60. The Morgan fingerprint density at radius 3 is 2.60 bits per heavy atom. The minimum atomic E-state index is -0.358. The summed E-state index contributed by atoms with van der Waals surface area (Å²) >= 11 is 1.25. The van der Waals surface area contributed by atoms with Crippen LogP contribution in [0.2, 0.25) is 0 Å². The highest BCUT2D eigenvalue weighted by Crippen LogP contribution is 2.35. The van der Waals surface area contributed by atoms with Crippen molar-refractivity contribution in [2.45, 2.75) is 26.8 Å². The molecular formula is C25H20FN5O3S. The number of nitrogens with zero attached hydrogens (tertiary/aromatic N) is 4. The number of nitrogens with one attached hydrogen (secondary N) is 1. The number of fused-ring (bicyclic) bond motifs is 1. The Balaban J connectivity index is 1.41. The van der Waals surface area contributed by atoms with Crippen LogP contribution in [0.1, 0.15) is 18.1 Å². The maximum absolute atomic E-state index is 13.2. The smallest absolute Gasteiger partial charge is 0.268 e. The van der Waals surface area contributed by atoms with Gasteiger partial charge < -0.3 is 9.84 Å². The summed E-state index contributed by atoms with van der Waals surface area (Å²) in [7, 11) is 0. The fourth-order valence-corrected chi connectivity index (χ4v) is 4.75. The van der Waals surface area contributed by atoms with E-state index in [1.165, 1.54) is 39.9 Å². The van der Waals surface area contributed by atoms with Gasteiger partial charge in [-0.25, -0.2) is 9.37 Å². The molecule has 0 radical (unpaired) electrons. The standard InChI is InChI=1S/C25H20FN5O3S/c1-3-15-4-10-18(11-5-15)28-19(32)12-31-13-27-24-20(25(31)33)14(2)21(35-24)23-29-22(30-34-23)16-6-8-17(26)9-7-16/h4-11,13H,3,12H2,1-2H3,(H,28,32). The molecule has 176 valence electrons. The van der Waals surface area contributed by atoms with E-state index in [0.717, 1.165) is 6.42 Å². The molecule has 2 aromatic carbocycles. The van der Waals surface area contributed by atoms with Gasteiger partial charge in [0.2, 0.25) is 11.7 Å². The molecular weight excluding hydrogens is 469 g/mol. The summed E-state index contributed by atoms with van der Waals surface area (Å²) in [6.07, 6.45) is 2.27. The molecule has 0 spiro atoms. The topological polar surface area (TPSA) is 103 Å². The molecule has 35 heavy (non-hydrogen) atoms. The maximum atomic E-state index is 13.2. The summed E-state index contributed by atoms with van der Waals surface area (Å²) in [6, 6.07) is 13.3. The van der Waals surface area contributed by atoms with Crippen LogP contribution in [0, 0.1) is 12.7 Å². The number of rotatable bonds is 6. The van der Waals surface area contributed by atoms with Crippen LogP contribution in [-0.4, -0.2) is 25.6 Å². The second-order valence-electron chi connectivity index (χ2n) is 7.94. The van der Waals surface area contributed by atoms with E-state index in [9.17, 15) is 14.0 Å². The van der Waals surface area contributed by atoms with Crippen LogP contribution in [0.15, 0.2) is 64.2 Å². The number of thiophene rings is 1. The van der Waals surface area contributed by atoms with Gasteiger partial charge in [0.15, 0.2) is 0 Å². The van der Waals surface area contributed by atoms with Crippen molar-refractivity contribution in [2.24, 2.45) is 0 Å². The molecule has 3 aromatic heterocycles. The van der Waals surface area contributed by atoms with E-state index in [0.29, 0.717) is 37.7 Å². The minimum absolute atomic E-state index is 0.169. The number of carbonyl (C=O) groups is 1. The predicted molar refractivity (Wildman–Crippen MR) is 132 cm³/mol. The van der Waals surface area contributed by atoms with Crippen LogP contribution in [0.25, 0.3) is 32.4 Å². The Morgan fingerprint density at radius 1 is 1.14 bits per heavy atom. The molecule has 5 aromatic rings. The summed E-state index contributed by atoms with van der Waals surface area (Å²) in [5, 5.41) is 7.18. The van der Waals surface area contributed by atoms with Gasteiger partial charge in [-0.1, -0.05) is 24.2 Å². The average molecular weight is 490 g/mol. The van der Waals surface area contributed by atoms with E-state index in [2.05, 4.69) is 27.4 Å². The van der Waals surface area contributed by atoms with Gasteiger partial charge in [-0.05, 0) is 60.9 Å². The molecule has 0 aliphatic rings. The second kappa shape index (κ2) is 9.22. The van der Waals surface area contributed by atoms with Gasteiger partial charge in [0.05, 0.1) is 16.6 Å². The van der Waals surface area contributed by atoms with E-state index in [1.807, 2.05) is 24.3 Å². The van der Waals surface area contributed by atoms with Crippen molar-refractivity contribution in [1.82, 2.24) is 19.7 Å². The van der Waals surface area contributed by atoms with Crippen molar-refractivity contribution < 1.29 is 13.7 Å². The molecule has 1 amide bonds. The molecule has 3 heterocycles. The van der Waals surface area contributed by atoms with Crippen molar-refractivity contribution in [3.8, 4) is 22.2 Å². The van der Waals surface area contributed by atoms with E-state index in [1.54, 1.807) is 19.1 Å². The first-order chi connectivity index (χ1) is 16.9. The van der Waals surface area contributed by atoms with Gasteiger partial charge in [-0.3, -0.25) is 14.2 Å². The van der Waals surface area contributed by atoms with Gasteiger partial charge in [-0.2, -0.15) is 4.98 Å². The zero-order valence-corrected chi connectivity index (χ0v) is 19.7. The van der Waals surface area contributed by atoms with Crippen molar-refractivity contribution in [3.05, 3.63) is 82.2 Å². The van der Waals surface area contributed by atoms with E-state index < -0.39 is 0 Å². The lowest BCUT2D eigenvalue weighted by molar-refractivity contribution is -0.116. The third-order valence-corrected chi connectivity index (χ3v) is 6.79. The number of aromatic nitrogens is 4. The number of hydrogen-bond donors (Lipinski definition) is 1. The van der Waals surface area contributed by atoms with Gasteiger partial charge in [0, 0.05) is 11.3 Å². The average Bonchev–Trinajstić information content (AvgIpc) is 3.47. The molecule has 0 atom stereocenters. The van der Waals surface area contributed by atoms with Crippen LogP contribution in [-0.2, 0) is 17.8 Å². The van der Waals surface area contributed by atoms with Crippen LogP contribution >= 0.6 is 11.3 Å². The summed E-state index contributed by atoms with van der Waals surface area (Å²) < 4.78 is 19.9. The Labute approximate surface area is 203 Å². The summed E-state index contributed by atoms with van der Waals surface area (Å²) in [6.45, 7) is 3.67. The number of aryl methyl sites for hydroxylation is 2. The molecule has 0 aliphatic carbocycles. The van der Waals surface area contributed by atoms with E-state index in [-0.39, 0.29) is 29.7 Å². The Kier molecular flexibility index (Phi) is 5.96. The highest BCUT2D eigenvalue weighted by molar-refractivity contribution is 7.22. The molecule has 0 fully saturated rings. The molecule has 0 saturated carbocycles. The molecule has 0 unspecified atom stereocenters. The van der Waals surface area contributed by atoms with E-state index in [4.69, 9.17) is 4.52 Å². The number of anilines is 1. The lowest BCUT2D eigenvalue weighted by Crippen LogP contribution is -2.27. The van der Waals surface area contributed by atoms with Gasteiger partial charge in [0.25, 0.3) is 11.4 Å². The lowest BCUT2D eigenvalue weighted by atomic mass is 10.1. The first-order valence-electron chi connectivity index (χ1n) is 10.9. The minimum Gasteiger partial charge on any atom is -0.333 e. The van der Waals surface area contributed by atoms with Crippen molar-refractivity contribution in [1.29, 1.82) is 0 Å². The number of hydrogen-bond acceptors (Lipinski definition) is 7. The Bertz CT molecular complexity index is 1590. The zero-order chi connectivity index (χ0) is 24.5. The fourth-order valence-electron chi connectivity index (χ4n) is 3.69. The summed E-state index contributed by atoms with van der Waals surface area (Å²) in [5.74, 6) is -0.135. The molecule has 1 N–H and O–H groups in total. The largest absolute Gasteiger partial charge is 0.333 e. The zero-order valence-electron chi connectivity index (χ0n) is 18.9. The quantitative estimate of drug-likeness (QED) is 0.367. The Morgan fingerprint density at radius 2 is 1.89 bits per heavy atom. The molecule has 5 rings (SSSR count). The first kappa shape index (κ1) is 22.6. The lowest BCUT2D eigenvalue weighted by Gasteiger charge is -2.08. The summed E-state index contributed by atoms with van der Waals surface area (Å²) in [5.41, 5.74) is 2.75. The number of amides is 1. The second-order valence-corrected chi connectivity index (χ2v) is 8.94. The van der Waals surface area contributed by atoms with Crippen LogP contribution in [0.4, 0.5) is 10.1 Å². The van der Waals surface area contributed by atoms with Crippen LogP contribution in [0.3, 0.4) is 0 Å². The van der Waals surface area contributed by atoms with Crippen LogP contribution < -0.4 is 10.9 Å². The first-order valence-corrected chi connectivity index (χ1v) is 11.7. The summed E-state index contributed by atoms with van der Waals surface area (Å²) in [4.78, 5) is 35.6. The van der Waals surface area contributed by atoms with Gasteiger partial charge in [-0.15, -0.1) is 11.3 Å². The maximum Gasteiger partial charge on any atom is 0.268 e. The fraction of sp³-hybridized carbons (Fsp3) is 0.160.